The molecule has 0 unspecified atom stereocenters. The van der Waals surface area contributed by atoms with Gasteiger partial charge in [-0.15, -0.1) is 0 Å². The van der Waals surface area contributed by atoms with Crippen LogP contribution in [0, 0.1) is 6.92 Å². The van der Waals surface area contributed by atoms with Crippen LogP contribution >= 0.6 is 0 Å². The molecule has 0 aromatic heterocycles. The molecule has 0 fully saturated rings. The summed E-state index contributed by atoms with van der Waals surface area (Å²) in [5.41, 5.74) is 7.44. The second-order valence-corrected chi connectivity index (χ2v) is 3.53. The van der Waals surface area contributed by atoms with Gasteiger partial charge in [-0.3, -0.25) is 0 Å². The van der Waals surface area contributed by atoms with Crippen molar-refractivity contribution in [2.75, 3.05) is 7.11 Å². The lowest BCUT2D eigenvalue weighted by molar-refractivity contribution is 0.153. The Morgan fingerprint density at radius 2 is 2.07 bits per heavy atom. The maximum absolute atomic E-state index is 9.72. The van der Waals surface area contributed by atoms with Gasteiger partial charge < -0.3 is 15.6 Å². The molecule has 0 spiro atoms. The van der Waals surface area contributed by atoms with E-state index in [0.717, 1.165) is 16.9 Å². The Kier molecular flexibility index (Phi) is 3.49. The molecule has 0 bridgehead atoms. The third kappa shape index (κ3) is 2.25. The molecular formula is C11H17NO2. The highest BCUT2D eigenvalue weighted by molar-refractivity contribution is 5.37. The van der Waals surface area contributed by atoms with Gasteiger partial charge in [-0.25, -0.2) is 0 Å². The highest BCUT2D eigenvalue weighted by Gasteiger charge is 2.13. The summed E-state index contributed by atoms with van der Waals surface area (Å²) in [6.45, 7) is 3.72. The fourth-order valence-electron chi connectivity index (χ4n) is 1.39. The van der Waals surface area contributed by atoms with Crippen LogP contribution in [-0.2, 0) is 0 Å². The standard InChI is InChI=1S/C11H17NO2/c1-7-6-9(11(13)8(2)12)4-5-10(7)14-3/h4-6,8,11,13H,12H2,1-3H3/t8-,11-/m0/s1. The van der Waals surface area contributed by atoms with Crippen molar-refractivity contribution in [1.82, 2.24) is 0 Å². The first-order chi connectivity index (χ1) is 6.56. The van der Waals surface area contributed by atoms with E-state index in [1.807, 2.05) is 25.1 Å². The molecule has 0 aliphatic heterocycles. The molecule has 1 aromatic carbocycles. The van der Waals surface area contributed by atoms with Crippen LogP contribution in [0.25, 0.3) is 0 Å². The van der Waals surface area contributed by atoms with Crippen molar-refractivity contribution in [3.63, 3.8) is 0 Å². The van der Waals surface area contributed by atoms with Crippen LogP contribution in [0.1, 0.15) is 24.2 Å². The summed E-state index contributed by atoms with van der Waals surface area (Å²) in [6.07, 6.45) is -0.611. The van der Waals surface area contributed by atoms with Gasteiger partial charge in [-0.2, -0.15) is 0 Å². The Labute approximate surface area is 84.5 Å². The minimum Gasteiger partial charge on any atom is -0.496 e. The minimum atomic E-state index is -0.611. The normalized spacial score (nSPS) is 14.9. The lowest BCUT2D eigenvalue weighted by Crippen LogP contribution is -2.24. The van der Waals surface area contributed by atoms with E-state index < -0.39 is 6.10 Å². The zero-order valence-corrected chi connectivity index (χ0v) is 8.82. The van der Waals surface area contributed by atoms with E-state index >= 15 is 0 Å². The Balaban J connectivity index is 2.96. The van der Waals surface area contributed by atoms with Crippen molar-refractivity contribution in [3.8, 4) is 5.75 Å². The van der Waals surface area contributed by atoms with Gasteiger partial charge in [0.1, 0.15) is 5.75 Å². The molecule has 1 rings (SSSR count). The van der Waals surface area contributed by atoms with E-state index in [0.29, 0.717) is 0 Å². The monoisotopic (exact) mass is 195 g/mol. The molecule has 14 heavy (non-hydrogen) atoms. The van der Waals surface area contributed by atoms with Crippen LogP contribution in [0.4, 0.5) is 0 Å². The molecule has 1 aromatic rings. The van der Waals surface area contributed by atoms with Crippen molar-refractivity contribution in [2.24, 2.45) is 5.73 Å². The van der Waals surface area contributed by atoms with Crippen molar-refractivity contribution >= 4 is 0 Å². The molecule has 0 aliphatic carbocycles. The molecular weight excluding hydrogens is 178 g/mol. The van der Waals surface area contributed by atoms with Gasteiger partial charge in [-0.05, 0) is 37.1 Å². The van der Waals surface area contributed by atoms with Crippen LogP contribution in [0.2, 0.25) is 0 Å². The van der Waals surface area contributed by atoms with E-state index in [4.69, 9.17) is 10.5 Å². The maximum atomic E-state index is 9.72. The first-order valence-electron chi connectivity index (χ1n) is 4.64. The van der Waals surface area contributed by atoms with E-state index in [2.05, 4.69) is 0 Å². The number of hydrogen-bond donors (Lipinski definition) is 2. The minimum absolute atomic E-state index is 0.261. The highest BCUT2D eigenvalue weighted by Crippen LogP contribution is 2.23. The number of aliphatic hydroxyl groups excluding tert-OH is 1. The van der Waals surface area contributed by atoms with E-state index in [1.54, 1.807) is 14.0 Å². The Morgan fingerprint density at radius 3 is 2.50 bits per heavy atom. The largest absolute Gasteiger partial charge is 0.496 e. The average Bonchev–Trinajstić information content (AvgIpc) is 2.16. The smallest absolute Gasteiger partial charge is 0.121 e. The molecule has 3 nitrogen and oxygen atoms in total. The number of ether oxygens (including phenoxy) is 1. The van der Waals surface area contributed by atoms with Crippen LogP contribution in [0.5, 0.6) is 5.75 Å². The Morgan fingerprint density at radius 1 is 1.43 bits per heavy atom. The third-order valence-electron chi connectivity index (χ3n) is 2.26. The lowest BCUT2D eigenvalue weighted by Gasteiger charge is -2.16. The topological polar surface area (TPSA) is 55.5 Å². The van der Waals surface area contributed by atoms with Crippen molar-refractivity contribution in [1.29, 1.82) is 0 Å². The van der Waals surface area contributed by atoms with Gasteiger partial charge in [-0.1, -0.05) is 6.07 Å². The van der Waals surface area contributed by atoms with E-state index in [-0.39, 0.29) is 6.04 Å². The molecule has 0 amide bonds. The zero-order valence-electron chi connectivity index (χ0n) is 8.82. The number of hydrogen-bond acceptors (Lipinski definition) is 3. The molecule has 0 saturated carbocycles. The first kappa shape index (κ1) is 11.0. The fourth-order valence-corrected chi connectivity index (χ4v) is 1.39. The third-order valence-corrected chi connectivity index (χ3v) is 2.26. The highest BCUT2D eigenvalue weighted by atomic mass is 16.5. The maximum Gasteiger partial charge on any atom is 0.121 e. The summed E-state index contributed by atoms with van der Waals surface area (Å²) < 4.78 is 5.13. The van der Waals surface area contributed by atoms with Crippen LogP contribution in [0.15, 0.2) is 18.2 Å². The van der Waals surface area contributed by atoms with Crippen molar-refractivity contribution in [3.05, 3.63) is 29.3 Å². The summed E-state index contributed by atoms with van der Waals surface area (Å²) in [5, 5.41) is 9.72. The Hall–Kier alpha value is -1.06. The number of aliphatic hydroxyl groups is 1. The second kappa shape index (κ2) is 4.44. The van der Waals surface area contributed by atoms with Crippen LogP contribution < -0.4 is 10.5 Å². The molecule has 3 heteroatoms. The molecule has 2 atom stereocenters. The first-order valence-corrected chi connectivity index (χ1v) is 4.64. The number of methoxy groups -OCH3 is 1. The second-order valence-electron chi connectivity index (χ2n) is 3.53. The summed E-state index contributed by atoms with van der Waals surface area (Å²) in [6, 6.07) is 5.31. The van der Waals surface area contributed by atoms with Gasteiger partial charge in [0.15, 0.2) is 0 Å². The van der Waals surface area contributed by atoms with E-state index in [9.17, 15) is 5.11 Å². The van der Waals surface area contributed by atoms with Crippen LogP contribution in [0.3, 0.4) is 0 Å². The fraction of sp³-hybridized carbons (Fsp3) is 0.455. The number of nitrogens with two attached hydrogens (primary N) is 1. The summed E-state index contributed by atoms with van der Waals surface area (Å²) in [5.74, 6) is 0.825. The molecule has 0 heterocycles. The quantitative estimate of drug-likeness (QED) is 0.766. The van der Waals surface area contributed by atoms with Gasteiger partial charge in [0, 0.05) is 6.04 Å². The van der Waals surface area contributed by atoms with Crippen molar-refractivity contribution in [2.45, 2.75) is 26.0 Å². The summed E-state index contributed by atoms with van der Waals surface area (Å²) in [4.78, 5) is 0. The van der Waals surface area contributed by atoms with Gasteiger partial charge >= 0.3 is 0 Å². The lowest BCUT2D eigenvalue weighted by atomic mass is 10.0. The molecule has 0 saturated heterocycles. The van der Waals surface area contributed by atoms with Gasteiger partial charge in [0.2, 0.25) is 0 Å². The van der Waals surface area contributed by atoms with Gasteiger partial charge in [0.05, 0.1) is 13.2 Å². The molecule has 3 N–H and O–H groups in total. The SMILES string of the molecule is COc1ccc([C@@H](O)[C@H](C)N)cc1C. The number of rotatable bonds is 3. The molecule has 78 valence electrons. The van der Waals surface area contributed by atoms with E-state index in [1.165, 1.54) is 0 Å². The number of aryl methyl sites for hydroxylation is 1. The zero-order chi connectivity index (χ0) is 10.7. The predicted octanol–water partition coefficient (Wildman–Crippen LogP) is 1.38. The molecule has 0 radical (unpaired) electrons. The average molecular weight is 195 g/mol. The summed E-state index contributed by atoms with van der Waals surface area (Å²) in [7, 11) is 1.63. The molecule has 0 aliphatic rings. The number of benzene rings is 1. The summed E-state index contributed by atoms with van der Waals surface area (Å²) >= 11 is 0. The van der Waals surface area contributed by atoms with Crippen LogP contribution in [-0.4, -0.2) is 18.3 Å². The van der Waals surface area contributed by atoms with Crippen molar-refractivity contribution < 1.29 is 9.84 Å². The predicted molar refractivity (Wildman–Crippen MR) is 56.3 cm³/mol. The van der Waals surface area contributed by atoms with Gasteiger partial charge in [0.25, 0.3) is 0 Å². The Bertz CT molecular complexity index is 310.